The molecule has 3 rings (SSSR count). The highest BCUT2D eigenvalue weighted by molar-refractivity contribution is 6.04. The van der Waals surface area contributed by atoms with Gasteiger partial charge in [0.15, 0.2) is 5.69 Å². The first-order valence-electron chi connectivity index (χ1n) is 6.31. The average molecular weight is 260 g/mol. The number of fused-ring (bicyclic) bond motifs is 1. The molecule has 100 valence electrons. The molecular formula is C13H16N4O2. The fraction of sp³-hybridized carbons (Fsp3) is 0.385. The summed E-state index contributed by atoms with van der Waals surface area (Å²) < 4.78 is 5.16. The minimum atomic E-state index is -0.0158. The third-order valence-electron chi connectivity index (χ3n) is 3.38. The van der Waals surface area contributed by atoms with Crippen molar-refractivity contribution in [3.05, 3.63) is 23.9 Å². The Bertz CT molecular complexity index is 602. The Hall–Kier alpha value is -2.08. The van der Waals surface area contributed by atoms with E-state index in [1.165, 1.54) is 0 Å². The van der Waals surface area contributed by atoms with Crippen molar-refractivity contribution in [2.45, 2.75) is 0 Å². The number of methoxy groups -OCH3 is 1. The second-order valence-electron chi connectivity index (χ2n) is 4.53. The maximum atomic E-state index is 12.4. The van der Waals surface area contributed by atoms with Crippen LogP contribution in [0.4, 0.5) is 0 Å². The number of nitrogens with one attached hydrogen (secondary N) is 2. The van der Waals surface area contributed by atoms with Gasteiger partial charge in [0.05, 0.1) is 12.6 Å². The van der Waals surface area contributed by atoms with Crippen LogP contribution in [-0.2, 0) is 0 Å². The van der Waals surface area contributed by atoms with Crippen LogP contribution in [0.25, 0.3) is 10.9 Å². The van der Waals surface area contributed by atoms with Gasteiger partial charge in [-0.2, -0.15) is 5.10 Å². The topological polar surface area (TPSA) is 70.2 Å². The number of piperazine rings is 1. The van der Waals surface area contributed by atoms with E-state index in [-0.39, 0.29) is 5.91 Å². The molecule has 19 heavy (non-hydrogen) atoms. The molecule has 0 unspecified atom stereocenters. The summed E-state index contributed by atoms with van der Waals surface area (Å²) in [5.41, 5.74) is 1.30. The summed E-state index contributed by atoms with van der Waals surface area (Å²) in [5.74, 6) is 0.732. The number of H-pyrrole nitrogens is 1. The van der Waals surface area contributed by atoms with Crippen molar-refractivity contribution >= 4 is 16.8 Å². The van der Waals surface area contributed by atoms with Gasteiger partial charge in [-0.15, -0.1) is 0 Å². The molecule has 1 amide bonds. The third kappa shape index (κ3) is 2.15. The largest absolute Gasteiger partial charge is 0.497 e. The van der Waals surface area contributed by atoms with Gasteiger partial charge in [-0.25, -0.2) is 0 Å². The first kappa shape index (κ1) is 12.0. The number of aromatic amines is 1. The van der Waals surface area contributed by atoms with Crippen LogP contribution in [0, 0.1) is 0 Å². The lowest BCUT2D eigenvalue weighted by molar-refractivity contribution is 0.0732. The number of carbonyl (C=O) groups excluding carboxylic acids is 1. The van der Waals surface area contributed by atoms with Gasteiger partial charge in [-0.05, 0) is 12.1 Å². The quantitative estimate of drug-likeness (QED) is 0.830. The number of hydrogen-bond acceptors (Lipinski definition) is 4. The number of hydrogen-bond donors (Lipinski definition) is 2. The minimum Gasteiger partial charge on any atom is -0.497 e. The van der Waals surface area contributed by atoms with Crippen molar-refractivity contribution in [1.82, 2.24) is 20.4 Å². The molecule has 6 heteroatoms. The van der Waals surface area contributed by atoms with E-state index in [0.29, 0.717) is 5.69 Å². The smallest absolute Gasteiger partial charge is 0.275 e. The van der Waals surface area contributed by atoms with Gasteiger partial charge >= 0.3 is 0 Å². The molecule has 0 spiro atoms. The van der Waals surface area contributed by atoms with E-state index in [0.717, 1.165) is 42.8 Å². The SMILES string of the molecule is COc1ccc2c(C(=O)N3CCNCC3)n[nH]c2c1. The van der Waals surface area contributed by atoms with Gasteiger partial charge in [0.1, 0.15) is 5.75 Å². The highest BCUT2D eigenvalue weighted by atomic mass is 16.5. The standard InChI is InChI=1S/C13H16N4O2/c1-19-9-2-3-10-11(8-9)15-16-12(10)13(18)17-6-4-14-5-7-17/h2-3,8,14H,4-7H2,1H3,(H,15,16). The molecule has 0 saturated carbocycles. The zero-order chi connectivity index (χ0) is 13.2. The van der Waals surface area contributed by atoms with Crippen LogP contribution in [0.15, 0.2) is 18.2 Å². The van der Waals surface area contributed by atoms with Crippen molar-refractivity contribution in [2.75, 3.05) is 33.3 Å². The average Bonchev–Trinajstić information content (AvgIpc) is 2.90. The van der Waals surface area contributed by atoms with Gasteiger partial charge in [0.2, 0.25) is 0 Å². The zero-order valence-electron chi connectivity index (χ0n) is 10.8. The lowest BCUT2D eigenvalue weighted by atomic mass is 10.2. The normalized spacial score (nSPS) is 15.7. The number of benzene rings is 1. The predicted octanol–water partition coefficient (Wildman–Crippen LogP) is 0.617. The van der Waals surface area contributed by atoms with Crippen LogP contribution >= 0.6 is 0 Å². The summed E-state index contributed by atoms with van der Waals surface area (Å²) in [6.45, 7) is 3.12. The van der Waals surface area contributed by atoms with Crippen LogP contribution in [0.1, 0.15) is 10.5 Å². The molecule has 6 nitrogen and oxygen atoms in total. The fourth-order valence-electron chi connectivity index (χ4n) is 2.31. The zero-order valence-corrected chi connectivity index (χ0v) is 10.8. The number of carbonyl (C=O) groups is 1. The molecule has 1 fully saturated rings. The molecule has 0 radical (unpaired) electrons. The highest BCUT2D eigenvalue weighted by Gasteiger charge is 2.22. The van der Waals surface area contributed by atoms with E-state index in [9.17, 15) is 4.79 Å². The van der Waals surface area contributed by atoms with Crippen molar-refractivity contribution < 1.29 is 9.53 Å². The van der Waals surface area contributed by atoms with Crippen molar-refractivity contribution in [3.63, 3.8) is 0 Å². The van der Waals surface area contributed by atoms with Crippen LogP contribution in [-0.4, -0.2) is 54.3 Å². The molecule has 0 bridgehead atoms. The molecular weight excluding hydrogens is 244 g/mol. The van der Waals surface area contributed by atoms with Crippen molar-refractivity contribution in [3.8, 4) is 5.75 Å². The van der Waals surface area contributed by atoms with Gasteiger partial charge < -0.3 is 15.0 Å². The number of amides is 1. The maximum absolute atomic E-state index is 12.4. The lowest BCUT2D eigenvalue weighted by Crippen LogP contribution is -2.46. The van der Waals surface area contributed by atoms with Gasteiger partial charge in [-0.1, -0.05) is 0 Å². The van der Waals surface area contributed by atoms with Gasteiger partial charge in [-0.3, -0.25) is 9.89 Å². The Morgan fingerprint density at radius 2 is 2.16 bits per heavy atom. The molecule has 1 aliphatic heterocycles. The first-order valence-corrected chi connectivity index (χ1v) is 6.31. The second kappa shape index (κ2) is 4.89. The van der Waals surface area contributed by atoms with E-state index in [4.69, 9.17) is 4.74 Å². The Morgan fingerprint density at radius 1 is 1.37 bits per heavy atom. The molecule has 1 aliphatic rings. The number of ether oxygens (including phenoxy) is 1. The molecule has 1 aromatic carbocycles. The third-order valence-corrected chi connectivity index (χ3v) is 3.38. The summed E-state index contributed by atoms with van der Waals surface area (Å²) in [6.07, 6.45) is 0. The summed E-state index contributed by atoms with van der Waals surface area (Å²) in [4.78, 5) is 14.2. The first-order chi connectivity index (χ1) is 9.29. The lowest BCUT2D eigenvalue weighted by Gasteiger charge is -2.26. The number of nitrogens with zero attached hydrogens (tertiary/aromatic N) is 2. The van der Waals surface area contributed by atoms with Crippen molar-refractivity contribution in [1.29, 1.82) is 0 Å². The van der Waals surface area contributed by atoms with E-state index < -0.39 is 0 Å². The molecule has 2 heterocycles. The summed E-state index contributed by atoms with van der Waals surface area (Å²) in [7, 11) is 1.62. The summed E-state index contributed by atoms with van der Waals surface area (Å²) >= 11 is 0. The second-order valence-corrected chi connectivity index (χ2v) is 4.53. The molecule has 1 aromatic heterocycles. The molecule has 2 aromatic rings. The Morgan fingerprint density at radius 3 is 2.89 bits per heavy atom. The van der Waals surface area contributed by atoms with Gasteiger partial charge in [0.25, 0.3) is 5.91 Å². The summed E-state index contributed by atoms with van der Waals surface area (Å²) in [6, 6.07) is 5.55. The van der Waals surface area contributed by atoms with Crippen LogP contribution < -0.4 is 10.1 Å². The minimum absolute atomic E-state index is 0.0158. The Kier molecular flexibility index (Phi) is 3.08. The molecule has 0 aliphatic carbocycles. The van der Waals surface area contributed by atoms with E-state index in [1.807, 2.05) is 23.1 Å². The van der Waals surface area contributed by atoms with Crippen LogP contribution in [0.3, 0.4) is 0 Å². The number of aromatic nitrogens is 2. The van der Waals surface area contributed by atoms with Gasteiger partial charge in [0, 0.05) is 37.6 Å². The Balaban J connectivity index is 1.93. The van der Waals surface area contributed by atoms with Crippen LogP contribution in [0.2, 0.25) is 0 Å². The van der Waals surface area contributed by atoms with E-state index in [2.05, 4.69) is 15.5 Å². The number of rotatable bonds is 2. The molecule has 2 N–H and O–H groups in total. The van der Waals surface area contributed by atoms with Crippen LogP contribution in [0.5, 0.6) is 5.75 Å². The van der Waals surface area contributed by atoms with E-state index in [1.54, 1.807) is 7.11 Å². The molecule has 0 atom stereocenters. The predicted molar refractivity (Wildman–Crippen MR) is 71.4 cm³/mol. The highest BCUT2D eigenvalue weighted by Crippen LogP contribution is 2.22. The Labute approximate surface area is 110 Å². The molecule has 1 saturated heterocycles. The fourth-order valence-corrected chi connectivity index (χ4v) is 2.31. The summed E-state index contributed by atoms with van der Waals surface area (Å²) in [5, 5.41) is 11.1. The monoisotopic (exact) mass is 260 g/mol. The maximum Gasteiger partial charge on any atom is 0.275 e. The van der Waals surface area contributed by atoms with Crippen molar-refractivity contribution in [2.24, 2.45) is 0 Å². The van der Waals surface area contributed by atoms with E-state index >= 15 is 0 Å².